The van der Waals surface area contributed by atoms with Gasteiger partial charge in [-0.3, -0.25) is 4.98 Å². The lowest BCUT2D eigenvalue weighted by Gasteiger charge is -2.18. The van der Waals surface area contributed by atoms with E-state index in [9.17, 15) is 0 Å². The van der Waals surface area contributed by atoms with Crippen LogP contribution in [0.4, 0.5) is 0 Å². The normalized spacial score (nSPS) is 20.8. The number of fused-ring (bicyclic) bond motifs is 3. The fourth-order valence-corrected chi connectivity index (χ4v) is 4.13. The van der Waals surface area contributed by atoms with E-state index in [-0.39, 0.29) is 0 Å². The summed E-state index contributed by atoms with van der Waals surface area (Å²) in [7, 11) is 0. The molecule has 1 unspecified atom stereocenters. The van der Waals surface area contributed by atoms with Gasteiger partial charge in [-0.25, -0.2) is 0 Å². The molecule has 0 radical (unpaired) electrons. The molecule has 0 aliphatic carbocycles. The molecule has 0 spiro atoms. The molecule has 2 aromatic heterocycles. The Bertz CT molecular complexity index is 877. The number of H-pyrrole nitrogens is 1. The Hall–Kier alpha value is -2.13. The highest BCUT2D eigenvalue weighted by atomic mass is 14.9. The van der Waals surface area contributed by atoms with Crippen LogP contribution >= 0.6 is 0 Å². The smallest absolute Gasteiger partial charge is 0.0504 e. The van der Waals surface area contributed by atoms with Crippen molar-refractivity contribution in [3.8, 4) is 0 Å². The Morgan fingerprint density at radius 3 is 2.81 bits per heavy atom. The summed E-state index contributed by atoms with van der Waals surface area (Å²) >= 11 is 0. The van der Waals surface area contributed by atoms with E-state index < -0.39 is 0 Å². The van der Waals surface area contributed by atoms with Crippen molar-refractivity contribution >= 4 is 21.8 Å². The number of allylic oxidation sites excluding steroid dienone is 2. The molecule has 26 heavy (non-hydrogen) atoms. The lowest BCUT2D eigenvalue weighted by molar-refractivity contribution is 0.437. The topological polar surface area (TPSA) is 40.7 Å². The van der Waals surface area contributed by atoms with E-state index >= 15 is 0 Å². The molecule has 1 aromatic carbocycles. The molecule has 0 amide bonds. The first-order chi connectivity index (χ1) is 12.9. The number of benzene rings is 1. The van der Waals surface area contributed by atoms with Crippen LogP contribution in [0, 0.1) is 0 Å². The third kappa shape index (κ3) is 3.99. The summed E-state index contributed by atoms with van der Waals surface area (Å²) in [5, 5.41) is 6.41. The van der Waals surface area contributed by atoms with Crippen molar-refractivity contribution in [3.63, 3.8) is 0 Å². The van der Waals surface area contributed by atoms with Crippen LogP contribution in [0.15, 0.2) is 48.7 Å². The van der Waals surface area contributed by atoms with Crippen molar-refractivity contribution < 1.29 is 0 Å². The zero-order valence-corrected chi connectivity index (χ0v) is 15.5. The van der Waals surface area contributed by atoms with Gasteiger partial charge < -0.3 is 10.3 Å². The van der Waals surface area contributed by atoms with Crippen LogP contribution < -0.4 is 5.32 Å². The first kappa shape index (κ1) is 17.3. The van der Waals surface area contributed by atoms with Crippen LogP contribution in [-0.4, -0.2) is 22.6 Å². The maximum atomic E-state index is 4.75. The molecule has 4 rings (SSSR count). The molecule has 0 fully saturated rings. The highest BCUT2D eigenvalue weighted by Crippen LogP contribution is 2.28. The van der Waals surface area contributed by atoms with E-state index in [1.807, 2.05) is 6.20 Å². The predicted molar refractivity (Wildman–Crippen MR) is 111 cm³/mol. The molecule has 136 valence electrons. The molecular weight excluding hydrogens is 318 g/mol. The van der Waals surface area contributed by atoms with Gasteiger partial charge in [-0.1, -0.05) is 30.4 Å². The van der Waals surface area contributed by atoms with E-state index in [2.05, 4.69) is 52.8 Å². The van der Waals surface area contributed by atoms with E-state index in [0.717, 1.165) is 19.4 Å². The molecule has 3 heteroatoms. The van der Waals surface area contributed by atoms with Crippen LogP contribution in [0.3, 0.4) is 0 Å². The Kier molecular flexibility index (Phi) is 5.65. The average Bonchev–Trinajstić information content (AvgIpc) is 3.02. The summed E-state index contributed by atoms with van der Waals surface area (Å²) < 4.78 is 0. The minimum Gasteiger partial charge on any atom is -0.354 e. The molecule has 3 nitrogen and oxygen atoms in total. The third-order valence-corrected chi connectivity index (χ3v) is 5.55. The summed E-state index contributed by atoms with van der Waals surface area (Å²) in [5.41, 5.74) is 3.64. The van der Waals surface area contributed by atoms with Crippen LogP contribution in [0.2, 0.25) is 0 Å². The molecule has 1 aliphatic rings. The highest BCUT2D eigenvalue weighted by molar-refractivity contribution is 6.08. The maximum absolute atomic E-state index is 4.75. The highest BCUT2D eigenvalue weighted by Gasteiger charge is 2.13. The van der Waals surface area contributed by atoms with Gasteiger partial charge in [0, 0.05) is 34.0 Å². The van der Waals surface area contributed by atoms with E-state index in [0.29, 0.717) is 6.04 Å². The number of nitrogens with one attached hydrogen (secondary N) is 2. The summed E-state index contributed by atoms with van der Waals surface area (Å²) in [6, 6.07) is 11.3. The molecule has 2 N–H and O–H groups in total. The molecule has 0 saturated heterocycles. The monoisotopic (exact) mass is 347 g/mol. The van der Waals surface area contributed by atoms with Crippen molar-refractivity contribution in [2.24, 2.45) is 0 Å². The van der Waals surface area contributed by atoms with Gasteiger partial charge in [0.25, 0.3) is 0 Å². The van der Waals surface area contributed by atoms with Gasteiger partial charge in [0.05, 0.1) is 5.69 Å². The molecule has 0 saturated carbocycles. The Labute approximate surface area is 155 Å². The number of aromatic nitrogens is 2. The molecule has 0 bridgehead atoms. The van der Waals surface area contributed by atoms with Gasteiger partial charge in [-0.15, -0.1) is 0 Å². The second kappa shape index (κ2) is 8.50. The average molecular weight is 348 g/mol. The zero-order chi connectivity index (χ0) is 17.6. The van der Waals surface area contributed by atoms with Crippen LogP contribution in [0.25, 0.3) is 21.8 Å². The predicted octanol–water partition coefficient (Wildman–Crippen LogP) is 5.52. The second-order valence-electron chi connectivity index (χ2n) is 7.44. The summed E-state index contributed by atoms with van der Waals surface area (Å²) in [6.45, 7) is 1.14. The standard InChI is InChI=1S/C23H29N3/c1-2-4-6-10-18(24-16-9-5-3-1)13-14-21-23-19-11-7-8-12-20(19)26-22(23)15-17-25-21/h1-2,7-8,11-12,15,17-18,24,26H,3-6,9-10,13-14,16H2/b2-1-. The fraction of sp³-hybridized carbons (Fsp3) is 0.435. The molecule has 1 atom stereocenters. The van der Waals surface area contributed by atoms with Gasteiger partial charge in [-0.2, -0.15) is 0 Å². The quantitative estimate of drug-likeness (QED) is 0.613. The summed E-state index contributed by atoms with van der Waals surface area (Å²) in [5.74, 6) is 0. The second-order valence-corrected chi connectivity index (χ2v) is 7.44. The number of hydrogen-bond acceptors (Lipinski definition) is 2. The van der Waals surface area contributed by atoms with Crippen LogP contribution in [0.1, 0.15) is 50.6 Å². The van der Waals surface area contributed by atoms with E-state index in [1.54, 1.807) is 0 Å². The number of nitrogens with zero attached hydrogens (tertiary/aromatic N) is 1. The lowest BCUT2D eigenvalue weighted by atomic mass is 10.0. The van der Waals surface area contributed by atoms with Gasteiger partial charge in [-0.05, 0) is 70.0 Å². The largest absolute Gasteiger partial charge is 0.354 e. The zero-order valence-electron chi connectivity index (χ0n) is 15.5. The van der Waals surface area contributed by atoms with Crippen molar-refractivity contribution in [2.45, 2.75) is 57.4 Å². The molecule has 3 aromatic rings. The van der Waals surface area contributed by atoms with Crippen molar-refractivity contribution in [2.75, 3.05) is 6.54 Å². The number of aromatic amines is 1. The van der Waals surface area contributed by atoms with Crippen molar-refractivity contribution in [3.05, 3.63) is 54.4 Å². The van der Waals surface area contributed by atoms with Crippen molar-refractivity contribution in [1.29, 1.82) is 0 Å². The van der Waals surface area contributed by atoms with Gasteiger partial charge in [0.2, 0.25) is 0 Å². The number of aryl methyl sites for hydroxylation is 1. The lowest BCUT2D eigenvalue weighted by Crippen LogP contribution is -2.30. The number of hydrogen-bond donors (Lipinski definition) is 2. The van der Waals surface area contributed by atoms with Gasteiger partial charge in [0.15, 0.2) is 0 Å². The first-order valence-electron chi connectivity index (χ1n) is 10.1. The minimum absolute atomic E-state index is 0.601. The third-order valence-electron chi connectivity index (χ3n) is 5.55. The van der Waals surface area contributed by atoms with E-state index in [4.69, 9.17) is 4.98 Å². The Morgan fingerprint density at radius 1 is 0.962 bits per heavy atom. The van der Waals surface area contributed by atoms with Crippen molar-refractivity contribution in [1.82, 2.24) is 15.3 Å². The Morgan fingerprint density at radius 2 is 1.85 bits per heavy atom. The van der Waals surface area contributed by atoms with Crippen LogP contribution in [-0.2, 0) is 6.42 Å². The van der Waals surface area contributed by atoms with Gasteiger partial charge >= 0.3 is 0 Å². The molecule has 3 heterocycles. The Balaban J connectivity index is 1.50. The van der Waals surface area contributed by atoms with Crippen LogP contribution in [0.5, 0.6) is 0 Å². The molecular formula is C23H29N3. The van der Waals surface area contributed by atoms with E-state index in [1.165, 1.54) is 66.0 Å². The summed E-state index contributed by atoms with van der Waals surface area (Å²) in [6.07, 6.45) is 16.4. The SMILES string of the molecule is C1=C\CCCC(CCc2nccc3[nH]c4ccccc4c23)NCCCC/1. The minimum atomic E-state index is 0.601. The first-order valence-corrected chi connectivity index (χ1v) is 10.1. The van der Waals surface area contributed by atoms with Gasteiger partial charge in [0.1, 0.15) is 0 Å². The summed E-state index contributed by atoms with van der Waals surface area (Å²) in [4.78, 5) is 8.28. The fourth-order valence-electron chi connectivity index (χ4n) is 4.13. The number of para-hydroxylation sites is 1. The maximum Gasteiger partial charge on any atom is 0.0504 e. The molecule has 1 aliphatic heterocycles. The number of rotatable bonds is 3. The number of pyridine rings is 1.